The molecule has 0 saturated carbocycles. The first-order valence-corrected chi connectivity index (χ1v) is 7.96. The molecule has 0 amide bonds. The average molecular weight is 389 g/mol. The average Bonchev–Trinajstić information content (AvgIpc) is 2.50. The first-order valence-electron chi connectivity index (χ1n) is 5.73. The summed E-state index contributed by atoms with van der Waals surface area (Å²) in [6.07, 6.45) is 0. The second kappa shape index (κ2) is 6.18. The van der Waals surface area contributed by atoms with E-state index in [4.69, 9.17) is 23.2 Å². The SMILES string of the molecule is COc1ccc(S(=O)(=O)c2c(F)c(Cl)c(F)c(Cl)c2F)cc1F. The third kappa shape index (κ3) is 2.86. The van der Waals surface area contributed by atoms with Crippen LogP contribution in [0.3, 0.4) is 0 Å². The van der Waals surface area contributed by atoms with Crippen LogP contribution >= 0.6 is 23.2 Å². The Morgan fingerprint density at radius 1 is 0.957 bits per heavy atom. The zero-order chi connectivity index (χ0) is 17.5. The molecule has 23 heavy (non-hydrogen) atoms. The van der Waals surface area contributed by atoms with E-state index in [2.05, 4.69) is 4.74 Å². The zero-order valence-electron chi connectivity index (χ0n) is 11.1. The highest BCUT2D eigenvalue weighted by molar-refractivity contribution is 7.91. The van der Waals surface area contributed by atoms with Crippen LogP contribution in [0.4, 0.5) is 17.6 Å². The van der Waals surface area contributed by atoms with Crippen LogP contribution in [0, 0.1) is 23.3 Å². The molecule has 0 heterocycles. The zero-order valence-corrected chi connectivity index (χ0v) is 13.5. The molecule has 0 aliphatic heterocycles. The Morgan fingerprint density at radius 3 is 1.91 bits per heavy atom. The minimum absolute atomic E-state index is 0.278. The molecular weight excluding hydrogens is 383 g/mol. The van der Waals surface area contributed by atoms with Crippen molar-refractivity contribution < 1.29 is 30.7 Å². The molecular formula is C13H6Cl2F4O3S. The molecule has 124 valence electrons. The highest BCUT2D eigenvalue weighted by Gasteiger charge is 2.33. The third-order valence-corrected chi connectivity index (χ3v) is 5.31. The summed E-state index contributed by atoms with van der Waals surface area (Å²) < 4.78 is 84.2. The van der Waals surface area contributed by atoms with E-state index in [0.29, 0.717) is 6.07 Å². The second-order valence-electron chi connectivity index (χ2n) is 4.20. The Labute approximate surface area is 138 Å². The molecule has 0 aliphatic carbocycles. The summed E-state index contributed by atoms with van der Waals surface area (Å²) in [4.78, 5) is -2.36. The van der Waals surface area contributed by atoms with E-state index < -0.39 is 52.9 Å². The lowest BCUT2D eigenvalue weighted by atomic mass is 10.3. The highest BCUT2D eigenvalue weighted by atomic mass is 35.5. The van der Waals surface area contributed by atoms with Crippen LogP contribution in [-0.2, 0) is 9.84 Å². The molecule has 2 aromatic rings. The molecule has 0 aromatic heterocycles. The standard InChI is InChI=1S/C13H6Cl2F4O3S/c1-22-7-3-2-5(4-6(7)16)23(20,21)13-11(18)8(14)10(17)9(15)12(13)19/h2-4H,1H3. The van der Waals surface area contributed by atoms with Gasteiger partial charge in [-0.2, -0.15) is 0 Å². The molecule has 0 aliphatic rings. The van der Waals surface area contributed by atoms with Gasteiger partial charge in [0.05, 0.1) is 12.0 Å². The van der Waals surface area contributed by atoms with Gasteiger partial charge in [0.1, 0.15) is 14.9 Å². The number of methoxy groups -OCH3 is 1. The molecule has 0 unspecified atom stereocenters. The van der Waals surface area contributed by atoms with Gasteiger partial charge in [0, 0.05) is 0 Å². The molecule has 0 bridgehead atoms. The molecule has 10 heteroatoms. The summed E-state index contributed by atoms with van der Waals surface area (Å²) in [5.74, 6) is -6.71. The van der Waals surface area contributed by atoms with Gasteiger partial charge in [-0.15, -0.1) is 0 Å². The fourth-order valence-corrected chi connectivity index (χ4v) is 3.71. The van der Waals surface area contributed by atoms with Crippen LogP contribution in [0.25, 0.3) is 0 Å². The number of hydrogen-bond acceptors (Lipinski definition) is 3. The predicted molar refractivity (Wildman–Crippen MR) is 74.7 cm³/mol. The first kappa shape index (κ1) is 17.8. The monoisotopic (exact) mass is 388 g/mol. The van der Waals surface area contributed by atoms with Crippen molar-refractivity contribution in [2.75, 3.05) is 7.11 Å². The van der Waals surface area contributed by atoms with E-state index in [1.165, 1.54) is 0 Å². The summed E-state index contributed by atoms with van der Waals surface area (Å²) >= 11 is 10.5. The Balaban J connectivity index is 2.78. The van der Waals surface area contributed by atoms with Crippen LogP contribution in [0.1, 0.15) is 0 Å². The van der Waals surface area contributed by atoms with Gasteiger partial charge in [0.25, 0.3) is 0 Å². The Morgan fingerprint density at radius 2 is 1.48 bits per heavy atom. The highest BCUT2D eigenvalue weighted by Crippen LogP contribution is 2.37. The van der Waals surface area contributed by atoms with Crippen molar-refractivity contribution in [2.45, 2.75) is 9.79 Å². The Hall–Kier alpha value is -1.51. The van der Waals surface area contributed by atoms with Gasteiger partial charge in [-0.3, -0.25) is 0 Å². The lowest BCUT2D eigenvalue weighted by molar-refractivity contribution is 0.385. The van der Waals surface area contributed by atoms with Gasteiger partial charge in [-0.25, -0.2) is 26.0 Å². The molecule has 0 N–H and O–H groups in total. The van der Waals surface area contributed by atoms with E-state index in [-0.39, 0.29) is 5.75 Å². The normalized spacial score (nSPS) is 11.6. The largest absolute Gasteiger partial charge is 0.494 e. The molecule has 0 atom stereocenters. The molecule has 3 nitrogen and oxygen atoms in total. The molecule has 2 aromatic carbocycles. The summed E-state index contributed by atoms with van der Waals surface area (Å²) in [7, 11) is -3.75. The van der Waals surface area contributed by atoms with Crippen LogP contribution < -0.4 is 4.74 Å². The molecule has 0 radical (unpaired) electrons. The Bertz CT molecular complexity index is 872. The van der Waals surface area contributed by atoms with Crippen molar-refractivity contribution >= 4 is 33.0 Å². The molecule has 0 fully saturated rings. The topological polar surface area (TPSA) is 43.4 Å². The third-order valence-electron chi connectivity index (χ3n) is 2.87. The number of halogens is 6. The number of sulfone groups is 1. The van der Waals surface area contributed by atoms with Crippen molar-refractivity contribution in [3.05, 3.63) is 51.5 Å². The van der Waals surface area contributed by atoms with Crippen molar-refractivity contribution in [3.63, 3.8) is 0 Å². The van der Waals surface area contributed by atoms with Crippen molar-refractivity contribution in [1.29, 1.82) is 0 Å². The smallest absolute Gasteiger partial charge is 0.212 e. The van der Waals surface area contributed by atoms with Crippen LogP contribution in [0.2, 0.25) is 10.0 Å². The summed E-state index contributed by atoms with van der Waals surface area (Å²) in [5.41, 5.74) is 0. The fourth-order valence-electron chi connectivity index (χ4n) is 1.75. The van der Waals surface area contributed by atoms with Crippen molar-refractivity contribution in [3.8, 4) is 5.75 Å². The molecule has 0 spiro atoms. The van der Waals surface area contributed by atoms with Gasteiger partial charge >= 0.3 is 0 Å². The van der Waals surface area contributed by atoms with E-state index in [1.807, 2.05) is 0 Å². The number of hydrogen-bond donors (Lipinski definition) is 0. The number of benzene rings is 2. The van der Waals surface area contributed by atoms with Gasteiger partial charge in [0.15, 0.2) is 29.0 Å². The quantitative estimate of drug-likeness (QED) is 0.339. The van der Waals surface area contributed by atoms with Gasteiger partial charge in [-0.1, -0.05) is 23.2 Å². The maximum absolute atomic E-state index is 14.0. The van der Waals surface area contributed by atoms with Gasteiger partial charge < -0.3 is 4.74 Å². The van der Waals surface area contributed by atoms with E-state index in [0.717, 1.165) is 19.2 Å². The van der Waals surface area contributed by atoms with E-state index in [1.54, 1.807) is 0 Å². The van der Waals surface area contributed by atoms with Crippen molar-refractivity contribution in [2.24, 2.45) is 0 Å². The number of rotatable bonds is 3. The lowest BCUT2D eigenvalue weighted by Gasteiger charge is -2.11. The summed E-state index contributed by atoms with van der Waals surface area (Å²) in [6, 6.07) is 2.31. The Kier molecular flexibility index (Phi) is 4.79. The summed E-state index contributed by atoms with van der Waals surface area (Å²) in [6.45, 7) is 0. The maximum atomic E-state index is 14.0. The maximum Gasteiger partial charge on any atom is 0.212 e. The van der Waals surface area contributed by atoms with E-state index in [9.17, 15) is 26.0 Å². The lowest BCUT2D eigenvalue weighted by Crippen LogP contribution is -2.10. The minimum atomic E-state index is -4.89. The van der Waals surface area contributed by atoms with Crippen LogP contribution in [0.5, 0.6) is 5.75 Å². The summed E-state index contributed by atoms with van der Waals surface area (Å²) in [5, 5.41) is -2.58. The van der Waals surface area contributed by atoms with Gasteiger partial charge in [0.2, 0.25) is 9.84 Å². The molecule has 2 rings (SSSR count). The molecule has 0 saturated heterocycles. The van der Waals surface area contributed by atoms with E-state index >= 15 is 0 Å². The fraction of sp³-hybridized carbons (Fsp3) is 0.0769. The second-order valence-corrected chi connectivity index (χ2v) is 6.84. The van der Waals surface area contributed by atoms with Crippen molar-refractivity contribution in [1.82, 2.24) is 0 Å². The van der Waals surface area contributed by atoms with Crippen LogP contribution in [-0.4, -0.2) is 15.5 Å². The first-order chi connectivity index (χ1) is 10.6. The minimum Gasteiger partial charge on any atom is -0.494 e. The van der Waals surface area contributed by atoms with Crippen LogP contribution in [0.15, 0.2) is 28.0 Å². The predicted octanol–water partition coefficient (Wildman–Crippen LogP) is 4.39. The van der Waals surface area contributed by atoms with Gasteiger partial charge in [-0.05, 0) is 18.2 Å². The number of ether oxygens (including phenoxy) is 1.